The molecule has 0 saturated heterocycles. The van der Waals surface area contributed by atoms with Crippen molar-refractivity contribution in [3.63, 3.8) is 0 Å². The highest BCUT2D eigenvalue weighted by Gasteiger charge is 2.03. The summed E-state index contributed by atoms with van der Waals surface area (Å²) in [5.74, 6) is 0. The van der Waals surface area contributed by atoms with Crippen LogP contribution in [0.3, 0.4) is 0 Å². The molecule has 0 amide bonds. The first-order valence-electron chi connectivity index (χ1n) is 5.19. The molecule has 0 rings (SSSR count). The zero-order valence-electron chi connectivity index (χ0n) is 9.05. The highest BCUT2D eigenvalue weighted by Crippen LogP contribution is 1.95. The van der Waals surface area contributed by atoms with Gasteiger partial charge in [0, 0.05) is 12.6 Å². The topological polar surface area (TPSA) is 41.5 Å². The van der Waals surface area contributed by atoms with Crippen LogP contribution in [0.5, 0.6) is 0 Å². The molecular formula is C10H23NO2. The Morgan fingerprint density at radius 2 is 2.08 bits per heavy atom. The molecule has 2 atom stereocenters. The molecule has 0 spiro atoms. The van der Waals surface area contributed by atoms with Gasteiger partial charge in [-0.25, -0.2) is 0 Å². The van der Waals surface area contributed by atoms with Crippen molar-refractivity contribution in [2.75, 3.05) is 19.8 Å². The summed E-state index contributed by atoms with van der Waals surface area (Å²) in [5.41, 5.74) is 0. The molecule has 0 fully saturated rings. The Balaban J connectivity index is 3.21. The minimum absolute atomic E-state index is 0.160. The monoisotopic (exact) mass is 189 g/mol. The number of nitrogens with one attached hydrogen (secondary N) is 1. The van der Waals surface area contributed by atoms with Crippen molar-refractivity contribution in [1.82, 2.24) is 5.32 Å². The summed E-state index contributed by atoms with van der Waals surface area (Å²) < 4.78 is 5.25. The van der Waals surface area contributed by atoms with E-state index in [0.717, 1.165) is 32.6 Å². The first-order valence-corrected chi connectivity index (χ1v) is 5.19. The third-order valence-electron chi connectivity index (χ3n) is 2.01. The van der Waals surface area contributed by atoms with Gasteiger partial charge in [0.1, 0.15) is 0 Å². The largest absolute Gasteiger partial charge is 0.393 e. The zero-order valence-corrected chi connectivity index (χ0v) is 9.05. The Labute approximate surface area is 81.5 Å². The van der Waals surface area contributed by atoms with Crippen molar-refractivity contribution in [2.24, 2.45) is 0 Å². The smallest absolute Gasteiger partial charge is 0.0616 e. The lowest BCUT2D eigenvalue weighted by Gasteiger charge is -2.14. The van der Waals surface area contributed by atoms with E-state index in [1.165, 1.54) is 0 Å². The number of hydrogen-bond donors (Lipinski definition) is 2. The van der Waals surface area contributed by atoms with Gasteiger partial charge >= 0.3 is 0 Å². The third kappa shape index (κ3) is 8.22. The van der Waals surface area contributed by atoms with Gasteiger partial charge in [-0.1, -0.05) is 6.92 Å². The first kappa shape index (κ1) is 12.9. The SMILES string of the molecule is CCOCC(C)NCCC(O)CC. The Hall–Kier alpha value is -0.120. The van der Waals surface area contributed by atoms with Crippen LogP contribution < -0.4 is 5.32 Å². The minimum Gasteiger partial charge on any atom is -0.393 e. The van der Waals surface area contributed by atoms with Crippen molar-refractivity contribution in [3.05, 3.63) is 0 Å². The van der Waals surface area contributed by atoms with Crippen molar-refractivity contribution >= 4 is 0 Å². The van der Waals surface area contributed by atoms with E-state index in [9.17, 15) is 5.11 Å². The highest BCUT2D eigenvalue weighted by molar-refractivity contribution is 4.61. The lowest BCUT2D eigenvalue weighted by Crippen LogP contribution is -2.32. The normalized spacial score (nSPS) is 15.7. The van der Waals surface area contributed by atoms with Crippen molar-refractivity contribution in [1.29, 1.82) is 0 Å². The maximum absolute atomic E-state index is 9.28. The van der Waals surface area contributed by atoms with Crippen molar-refractivity contribution < 1.29 is 9.84 Å². The molecule has 3 heteroatoms. The van der Waals surface area contributed by atoms with E-state index in [1.807, 2.05) is 13.8 Å². The van der Waals surface area contributed by atoms with Crippen LogP contribution in [0, 0.1) is 0 Å². The lowest BCUT2D eigenvalue weighted by molar-refractivity contribution is 0.122. The average molecular weight is 189 g/mol. The summed E-state index contributed by atoms with van der Waals surface area (Å²) in [5, 5.41) is 12.6. The molecule has 0 aliphatic heterocycles. The van der Waals surface area contributed by atoms with Gasteiger partial charge in [-0.15, -0.1) is 0 Å². The summed E-state index contributed by atoms with van der Waals surface area (Å²) in [6.07, 6.45) is 1.50. The molecule has 0 aromatic rings. The maximum Gasteiger partial charge on any atom is 0.0616 e. The summed E-state index contributed by atoms with van der Waals surface area (Å²) in [6.45, 7) is 8.46. The van der Waals surface area contributed by atoms with Crippen molar-refractivity contribution in [3.8, 4) is 0 Å². The second-order valence-corrected chi connectivity index (χ2v) is 3.37. The van der Waals surface area contributed by atoms with Crippen LogP contribution >= 0.6 is 0 Å². The van der Waals surface area contributed by atoms with E-state index in [-0.39, 0.29) is 6.10 Å². The molecule has 0 aromatic carbocycles. The van der Waals surface area contributed by atoms with Crippen LogP contribution in [0.2, 0.25) is 0 Å². The number of ether oxygens (including phenoxy) is 1. The van der Waals surface area contributed by atoms with Gasteiger partial charge in [-0.05, 0) is 33.2 Å². The fourth-order valence-corrected chi connectivity index (χ4v) is 1.05. The molecule has 80 valence electrons. The van der Waals surface area contributed by atoms with E-state index in [2.05, 4.69) is 12.2 Å². The molecule has 3 nitrogen and oxygen atoms in total. The van der Waals surface area contributed by atoms with Gasteiger partial charge in [0.05, 0.1) is 12.7 Å². The summed E-state index contributed by atoms with van der Waals surface area (Å²) in [7, 11) is 0. The average Bonchev–Trinajstić information content (AvgIpc) is 2.14. The second-order valence-electron chi connectivity index (χ2n) is 3.37. The fourth-order valence-electron chi connectivity index (χ4n) is 1.05. The number of hydrogen-bond acceptors (Lipinski definition) is 3. The van der Waals surface area contributed by atoms with Gasteiger partial charge in [-0.3, -0.25) is 0 Å². The van der Waals surface area contributed by atoms with E-state index in [0.29, 0.717) is 6.04 Å². The van der Waals surface area contributed by atoms with E-state index >= 15 is 0 Å². The summed E-state index contributed by atoms with van der Waals surface area (Å²) in [6, 6.07) is 0.379. The van der Waals surface area contributed by atoms with Crippen LogP contribution in [-0.2, 0) is 4.74 Å². The van der Waals surface area contributed by atoms with Crippen LogP contribution in [0.15, 0.2) is 0 Å². The van der Waals surface area contributed by atoms with Crippen LogP contribution in [0.25, 0.3) is 0 Å². The van der Waals surface area contributed by atoms with E-state index in [4.69, 9.17) is 4.74 Å². The predicted octanol–water partition coefficient (Wildman–Crippen LogP) is 1.16. The molecule has 0 aliphatic rings. The number of aliphatic hydroxyl groups excluding tert-OH is 1. The Morgan fingerprint density at radius 3 is 2.62 bits per heavy atom. The molecule has 2 N–H and O–H groups in total. The molecule has 0 radical (unpaired) electrons. The molecular weight excluding hydrogens is 166 g/mol. The molecule has 0 heterocycles. The Morgan fingerprint density at radius 1 is 1.38 bits per heavy atom. The first-order chi connectivity index (χ1) is 6.20. The quantitative estimate of drug-likeness (QED) is 0.602. The number of rotatable bonds is 8. The molecule has 2 unspecified atom stereocenters. The van der Waals surface area contributed by atoms with Crippen LogP contribution in [-0.4, -0.2) is 37.0 Å². The van der Waals surface area contributed by atoms with E-state index in [1.54, 1.807) is 0 Å². The molecule has 0 aromatic heterocycles. The van der Waals surface area contributed by atoms with Crippen LogP contribution in [0.4, 0.5) is 0 Å². The van der Waals surface area contributed by atoms with Gasteiger partial charge in [0.2, 0.25) is 0 Å². The Bertz CT molecular complexity index is 109. The van der Waals surface area contributed by atoms with Crippen LogP contribution in [0.1, 0.15) is 33.6 Å². The zero-order chi connectivity index (χ0) is 10.1. The molecule has 13 heavy (non-hydrogen) atoms. The lowest BCUT2D eigenvalue weighted by atomic mass is 10.2. The summed E-state index contributed by atoms with van der Waals surface area (Å²) in [4.78, 5) is 0. The van der Waals surface area contributed by atoms with Gasteiger partial charge in [0.25, 0.3) is 0 Å². The molecule has 0 bridgehead atoms. The summed E-state index contributed by atoms with van der Waals surface area (Å²) >= 11 is 0. The molecule has 0 aliphatic carbocycles. The number of aliphatic hydroxyl groups is 1. The van der Waals surface area contributed by atoms with Gasteiger partial charge < -0.3 is 15.2 Å². The van der Waals surface area contributed by atoms with E-state index < -0.39 is 0 Å². The second kappa shape index (κ2) is 8.48. The highest BCUT2D eigenvalue weighted by atomic mass is 16.5. The van der Waals surface area contributed by atoms with Crippen molar-refractivity contribution in [2.45, 2.75) is 45.8 Å². The van der Waals surface area contributed by atoms with Gasteiger partial charge in [0.15, 0.2) is 0 Å². The molecule has 0 saturated carbocycles. The fraction of sp³-hybridized carbons (Fsp3) is 1.00. The minimum atomic E-state index is -0.160. The predicted molar refractivity (Wildman–Crippen MR) is 54.9 cm³/mol. The Kier molecular flexibility index (Phi) is 8.40. The standard InChI is InChI=1S/C10H23NO2/c1-4-10(12)6-7-11-9(3)8-13-5-2/h9-12H,4-8H2,1-3H3. The maximum atomic E-state index is 9.28. The van der Waals surface area contributed by atoms with Gasteiger partial charge in [-0.2, -0.15) is 0 Å². The third-order valence-corrected chi connectivity index (χ3v) is 2.01.